The van der Waals surface area contributed by atoms with Gasteiger partial charge < -0.3 is 16.0 Å². The first-order valence-electron chi connectivity index (χ1n) is 3.67. The van der Waals surface area contributed by atoms with Gasteiger partial charge in [-0.25, -0.2) is 0 Å². The Kier molecular flexibility index (Phi) is 4.28. The van der Waals surface area contributed by atoms with Crippen LogP contribution in [-0.4, -0.2) is 43.4 Å². The Labute approximate surface area is 71.9 Å². The van der Waals surface area contributed by atoms with Crippen LogP contribution in [0.25, 0.3) is 0 Å². The number of carbonyl (C=O) groups is 2. The van der Waals surface area contributed by atoms with E-state index in [-0.39, 0.29) is 12.5 Å². The van der Waals surface area contributed by atoms with E-state index in [0.29, 0.717) is 0 Å². The molecule has 0 saturated heterocycles. The zero-order chi connectivity index (χ0) is 9.72. The molecule has 70 valence electrons. The highest BCUT2D eigenvalue weighted by Crippen LogP contribution is 1.80. The van der Waals surface area contributed by atoms with Crippen molar-refractivity contribution in [3.63, 3.8) is 0 Å². The van der Waals surface area contributed by atoms with Crippen molar-refractivity contribution in [3.8, 4) is 0 Å². The molecule has 0 aliphatic heterocycles. The Balaban J connectivity index is 3.77. The van der Waals surface area contributed by atoms with Crippen molar-refractivity contribution in [2.45, 2.75) is 13.0 Å². The van der Waals surface area contributed by atoms with E-state index in [9.17, 15) is 9.59 Å². The molecule has 0 aromatic heterocycles. The smallest absolute Gasteiger partial charge is 0.239 e. The summed E-state index contributed by atoms with van der Waals surface area (Å²) in [6.07, 6.45) is 0. The van der Waals surface area contributed by atoms with Crippen molar-refractivity contribution in [3.05, 3.63) is 0 Å². The number of likely N-dealkylation sites (N-methyl/N-ethyl adjacent to an activating group) is 1. The zero-order valence-electron chi connectivity index (χ0n) is 7.63. The molecule has 0 radical (unpaired) electrons. The number of nitrogens with two attached hydrogens (primary N) is 1. The minimum Gasteiger partial charge on any atom is -0.368 e. The van der Waals surface area contributed by atoms with Crippen LogP contribution < -0.4 is 11.1 Å². The molecule has 0 aromatic rings. The minimum atomic E-state index is -0.600. The van der Waals surface area contributed by atoms with Crippen LogP contribution >= 0.6 is 0 Å². The highest BCUT2D eigenvalue weighted by molar-refractivity contribution is 5.86. The first-order chi connectivity index (χ1) is 5.43. The first-order valence-corrected chi connectivity index (χ1v) is 3.67. The van der Waals surface area contributed by atoms with Gasteiger partial charge in [-0.3, -0.25) is 9.59 Å². The van der Waals surface area contributed by atoms with Crippen molar-refractivity contribution >= 4 is 11.8 Å². The summed E-state index contributed by atoms with van der Waals surface area (Å²) in [5.74, 6) is -0.728. The number of hydrogen-bond donors (Lipinski definition) is 2. The summed E-state index contributed by atoms with van der Waals surface area (Å²) in [7, 11) is 3.54. The highest BCUT2D eigenvalue weighted by Gasteiger charge is 2.11. The van der Waals surface area contributed by atoms with E-state index in [1.54, 1.807) is 25.9 Å². The number of rotatable bonds is 4. The minimum absolute atomic E-state index is 0.202. The summed E-state index contributed by atoms with van der Waals surface area (Å²) in [5, 5.41) is 2.46. The normalized spacial score (nSPS) is 12.7. The standard InChI is InChI=1S/C7H15N3O2/c1-5(7(8)12)9-6(11)4-10(2)3/h5H,4H2,1-3H3,(H2,8,12)(H,9,11)/t5-/m1/s1. The summed E-state index contributed by atoms with van der Waals surface area (Å²) >= 11 is 0. The van der Waals surface area contributed by atoms with Crippen molar-refractivity contribution in [1.82, 2.24) is 10.2 Å². The van der Waals surface area contributed by atoms with Crippen LogP contribution in [0.5, 0.6) is 0 Å². The molecule has 1 atom stereocenters. The van der Waals surface area contributed by atoms with Crippen molar-refractivity contribution in [2.24, 2.45) is 5.73 Å². The molecule has 2 amide bonds. The molecular formula is C7H15N3O2. The van der Waals surface area contributed by atoms with Crippen LogP contribution in [0.3, 0.4) is 0 Å². The molecule has 0 spiro atoms. The number of carbonyl (C=O) groups excluding carboxylic acids is 2. The average molecular weight is 173 g/mol. The predicted octanol–water partition coefficient (Wildman–Crippen LogP) is -1.46. The second-order valence-corrected chi connectivity index (χ2v) is 2.93. The monoisotopic (exact) mass is 173 g/mol. The Morgan fingerprint density at radius 1 is 1.50 bits per heavy atom. The third-order valence-electron chi connectivity index (χ3n) is 1.26. The molecule has 12 heavy (non-hydrogen) atoms. The fraction of sp³-hybridized carbons (Fsp3) is 0.714. The lowest BCUT2D eigenvalue weighted by Gasteiger charge is -2.12. The largest absolute Gasteiger partial charge is 0.368 e. The molecule has 0 bridgehead atoms. The molecule has 0 unspecified atom stereocenters. The second-order valence-electron chi connectivity index (χ2n) is 2.93. The Bertz CT molecular complexity index is 179. The summed E-state index contributed by atoms with van der Waals surface area (Å²) in [6.45, 7) is 1.81. The van der Waals surface area contributed by atoms with Crippen molar-refractivity contribution in [1.29, 1.82) is 0 Å². The van der Waals surface area contributed by atoms with Gasteiger partial charge in [0.05, 0.1) is 6.54 Å². The zero-order valence-corrected chi connectivity index (χ0v) is 7.63. The maximum absolute atomic E-state index is 11.0. The molecule has 5 heteroatoms. The molecule has 5 nitrogen and oxygen atoms in total. The Hall–Kier alpha value is -1.10. The van der Waals surface area contributed by atoms with Crippen LogP contribution in [0.2, 0.25) is 0 Å². The second kappa shape index (κ2) is 4.71. The number of hydrogen-bond acceptors (Lipinski definition) is 3. The van der Waals surface area contributed by atoms with Gasteiger partial charge in [-0.2, -0.15) is 0 Å². The maximum atomic E-state index is 11.0. The molecule has 0 aromatic carbocycles. The average Bonchev–Trinajstić information content (AvgIpc) is 1.84. The van der Waals surface area contributed by atoms with Gasteiger partial charge >= 0.3 is 0 Å². The summed E-state index contributed by atoms with van der Waals surface area (Å²) in [6, 6.07) is -0.600. The van der Waals surface area contributed by atoms with Crippen LogP contribution in [-0.2, 0) is 9.59 Å². The van der Waals surface area contributed by atoms with Gasteiger partial charge in [-0.15, -0.1) is 0 Å². The molecule has 0 rings (SSSR count). The Morgan fingerprint density at radius 2 is 2.00 bits per heavy atom. The third kappa shape index (κ3) is 4.68. The topological polar surface area (TPSA) is 75.4 Å². The van der Waals surface area contributed by atoms with E-state index < -0.39 is 11.9 Å². The van der Waals surface area contributed by atoms with Crippen molar-refractivity contribution < 1.29 is 9.59 Å². The quantitative estimate of drug-likeness (QED) is 0.545. The van der Waals surface area contributed by atoms with E-state index in [2.05, 4.69) is 5.32 Å². The van der Waals surface area contributed by atoms with E-state index in [0.717, 1.165) is 0 Å². The number of nitrogens with zero attached hydrogens (tertiary/aromatic N) is 1. The number of amides is 2. The fourth-order valence-electron chi connectivity index (χ4n) is 0.645. The number of nitrogens with one attached hydrogen (secondary N) is 1. The summed E-state index contributed by atoms with van der Waals surface area (Å²) in [5.41, 5.74) is 4.95. The van der Waals surface area contributed by atoms with Crippen LogP contribution in [0.15, 0.2) is 0 Å². The molecular weight excluding hydrogens is 158 g/mol. The fourth-order valence-corrected chi connectivity index (χ4v) is 0.645. The third-order valence-corrected chi connectivity index (χ3v) is 1.26. The predicted molar refractivity (Wildman–Crippen MR) is 45.4 cm³/mol. The molecule has 0 aliphatic carbocycles. The molecule has 0 heterocycles. The molecule has 3 N–H and O–H groups in total. The van der Waals surface area contributed by atoms with E-state index in [1.807, 2.05) is 0 Å². The van der Waals surface area contributed by atoms with Gasteiger partial charge in [-0.1, -0.05) is 0 Å². The lowest BCUT2D eigenvalue weighted by Crippen LogP contribution is -2.45. The van der Waals surface area contributed by atoms with Gasteiger partial charge in [0.1, 0.15) is 6.04 Å². The van der Waals surface area contributed by atoms with Gasteiger partial charge in [0.2, 0.25) is 11.8 Å². The van der Waals surface area contributed by atoms with E-state index in [4.69, 9.17) is 5.73 Å². The van der Waals surface area contributed by atoms with Gasteiger partial charge in [-0.05, 0) is 21.0 Å². The van der Waals surface area contributed by atoms with Gasteiger partial charge in [0, 0.05) is 0 Å². The summed E-state index contributed by atoms with van der Waals surface area (Å²) < 4.78 is 0. The highest BCUT2D eigenvalue weighted by atomic mass is 16.2. The van der Waals surface area contributed by atoms with Crippen LogP contribution in [0, 0.1) is 0 Å². The van der Waals surface area contributed by atoms with Crippen LogP contribution in [0.1, 0.15) is 6.92 Å². The number of primary amides is 1. The molecule has 0 fully saturated rings. The van der Waals surface area contributed by atoms with Gasteiger partial charge in [0.15, 0.2) is 0 Å². The van der Waals surface area contributed by atoms with E-state index >= 15 is 0 Å². The lowest BCUT2D eigenvalue weighted by atomic mass is 10.3. The van der Waals surface area contributed by atoms with E-state index in [1.165, 1.54) is 0 Å². The molecule has 0 saturated carbocycles. The summed E-state index contributed by atoms with van der Waals surface area (Å²) in [4.78, 5) is 23.2. The maximum Gasteiger partial charge on any atom is 0.239 e. The molecule has 0 aliphatic rings. The first kappa shape index (κ1) is 10.9. The SMILES string of the molecule is C[C@@H](NC(=O)CN(C)C)C(N)=O. The van der Waals surface area contributed by atoms with Gasteiger partial charge in [0.25, 0.3) is 0 Å². The lowest BCUT2D eigenvalue weighted by molar-refractivity contribution is -0.127. The van der Waals surface area contributed by atoms with Crippen molar-refractivity contribution in [2.75, 3.05) is 20.6 Å². The van der Waals surface area contributed by atoms with Crippen LogP contribution in [0.4, 0.5) is 0 Å². The Morgan fingerprint density at radius 3 is 2.33 bits per heavy atom.